The van der Waals surface area contributed by atoms with Gasteiger partial charge in [-0.1, -0.05) is 140 Å². The van der Waals surface area contributed by atoms with Crippen molar-refractivity contribution in [1.29, 1.82) is 0 Å². The van der Waals surface area contributed by atoms with Crippen LogP contribution in [0.15, 0.2) is 192 Å². The molecular weight excluding hydrogens is 699 g/mol. The topological polar surface area (TPSA) is 61.7 Å². The summed E-state index contributed by atoms with van der Waals surface area (Å²) in [5.74, 6) is 1.72. The molecule has 6 nitrogen and oxygen atoms in total. The van der Waals surface area contributed by atoms with Crippen molar-refractivity contribution in [3.8, 4) is 45.5 Å². The second-order valence-electron chi connectivity index (χ2n) is 14.4. The highest BCUT2D eigenvalue weighted by molar-refractivity contribution is 6.26. The zero-order chi connectivity index (χ0) is 37.5. The largest absolute Gasteiger partial charge is 0.456 e. The first kappa shape index (κ1) is 31.5. The van der Waals surface area contributed by atoms with Crippen LogP contribution < -0.4 is 0 Å². The van der Waals surface area contributed by atoms with Crippen molar-refractivity contribution < 1.29 is 4.42 Å². The summed E-state index contributed by atoms with van der Waals surface area (Å²) in [5.41, 5.74) is 11.0. The predicted molar refractivity (Wildman–Crippen MR) is 232 cm³/mol. The molecule has 0 fully saturated rings. The molecule has 4 aromatic heterocycles. The van der Waals surface area contributed by atoms with Crippen molar-refractivity contribution in [1.82, 2.24) is 24.1 Å². The van der Waals surface area contributed by atoms with E-state index in [0.717, 1.165) is 82.5 Å². The zero-order valence-electron chi connectivity index (χ0n) is 30.5. The van der Waals surface area contributed by atoms with Crippen LogP contribution in [0.1, 0.15) is 0 Å². The van der Waals surface area contributed by atoms with Gasteiger partial charge in [0.1, 0.15) is 11.2 Å². The number of rotatable bonds is 5. The third kappa shape index (κ3) is 4.81. The van der Waals surface area contributed by atoms with Gasteiger partial charge in [-0.15, -0.1) is 0 Å². The minimum absolute atomic E-state index is 0.554. The Morgan fingerprint density at radius 3 is 1.65 bits per heavy atom. The third-order valence-corrected chi connectivity index (χ3v) is 11.2. The summed E-state index contributed by atoms with van der Waals surface area (Å²) < 4.78 is 11.3. The number of furan rings is 1. The van der Waals surface area contributed by atoms with E-state index in [1.54, 1.807) is 0 Å². The molecule has 0 saturated carbocycles. The summed E-state index contributed by atoms with van der Waals surface area (Å²) in [5, 5.41) is 6.58. The van der Waals surface area contributed by atoms with E-state index in [0.29, 0.717) is 17.6 Å². The number of hydrogen-bond acceptors (Lipinski definition) is 4. The Balaban J connectivity index is 1.18. The fraction of sp³-hybridized carbons (Fsp3) is 0. The van der Waals surface area contributed by atoms with Crippen LogP contribution in [-0.4, -0.2) is 24.1 Å². The Morgan fingerprint density at radius 1 is 0.368 bits per heavy atom. The van der Waals surface area contributed by atoms with Gasteiger partial charge < -0.3 is 8.98 Å². The van der Waals surface area contributed by atoms with Crippen molar-refractivity contribution in [3.63, 3.8) is 0 Å². The molecule has 12 rings (SSSR count). The molecule has 4 heterocycles. The van der Waals surface area contributed by atoms with E-state index in [9.17, 15) is 0 Å². The van der Waals surface area contributed by atoms with Gasteiger partial charge in [-0.3, -0.25) is 4.57 Å². The highest BCUT2D eigenvalue weighted by atomic mass is 16.3. The zero-order valence-corrected chi connectivity index (χ0v) is 30.5. The Hall–Kier alpha value is -7.83. The summed E-state index contributed by atoms with van der Waals surface area (Å²) in [4.78, 5) is 15.8. The molecule has 0 aliphatic carbocycles. The molecule has 12 aromatic rings. The number of hydrogen-bond donors (Lipinski definition) is 0. The molecule has 0 aliphatic heterocycles. The normalized spacial score (nSPS) is 11.9. The van der Waals surface area contributed by atoms with Crippen molar-refractivity contribution in [3.05, 3.63) is 188 Å². The third-order valence-electron chi connectivity index (χ3n) is 11.2. The van der Waals surface area contributed by atoms with E-state index in [-0.39, 0.29) is 0 Å². The summed E-state index contributed by atoms with van der Waals surface area (Å²) >= 11 is 0. The Labute approximate surface area is 326 Å². The van der Waals surface area contributed by atoms with E-state index in [1.165, 1.54) is 10.9 Å². The first-order valence-electron chi connectivity index (χ1n) is 19.1. The average molecular weight is 730 g/mol. The van der Waals surface area contributed by atoms with Gasteiger partial charge in [-0.05, 0) is 59.7 Å². The van der Waals surface area contributed by atoms with Crippen molar-refractivity contribution in [2.45, 2.75) is 0 Å². The predicted octanol–water partition coefficient (Wildman–Crippen LogP) is 13.0. The van der Waals surface area contributed by atoms with Crippen LogP contribution in [0.3, 0.4) is 0 Å². The summed E-state index contributed by atoms with van der Waals surface area (Å²) in [6, 6.07) is 65.5. The second-order valence-corrected chi connectivity index (χ2v) is 14.4. The molecule has 8 aromatic carbocycles. The maximum absolute atomic E-state index is 6.75. The lowest BCUT2D eigenvalue weighted by Crippen LogP contribution is -2.06. The summed E-state index contributed by atoms with van der Waals surface area (Å²) in [7, 11) is 0. The molecule has 266 valence electrons. The van der Waals surface area contributed by atoms with Gasteiger partial charge in [0, 0.05) is 43.7 Å². The lowest BCUT2D eigenvalue weighted by atomic mass is 10.0. The molecule has 57 heavy (non-hydrogen) atoms. The van der Waals surface area contributed by atoms with E-state index in [1.807, 2.05) is 42.5 Å². The molecule has 0 N–H and O–H groups in total. The molecule has 0 amide bonds. The maximum atomic E-state index is 6.75. The van der Waals surface area contributed by atoms with Crippen LogP contribution in [0.25, 0.3) is 111 Å². The molecule has 0 atom stereocenters. The van der Waals surface area contributed by atoms with Crippen LogP contribution in [0, 0.1) is 0 Å². The lowest BCUT2D eigenvalue weighted by Gasteiger charge is -2.12. The minimum Gasteiger partial charge on any atom is -0.456 e. The van der Waals surface area contributed by atoms with Gasteiger partial charge in [0.25, 0.3) is 0 Å². The minimum atomic E-state index is 0.554. The van der Waals surface area contributed by atoms with Gasteiger partial charge >= 0.3 is 0 Å². The highest BCUT2D eigenvalue weighted by Crippen LogP contribution is 2.44. The molecule has 0 spiro atoms. The first-order chi connectivity index (χ1) is 28.3. The van der Waals surface area contributed by atoms with Crippen LogP contribution >= 0.6 is 0 Å². The van der Waals surface area contributed by atoms with E-state index in [4.69, 9.17) is 19.4 Å². The van der Waals surface area contributed by atoms with Crippen LogP contribution in [-0.2, 0) is 0 Å². The standard InChI is InChI=1S/C51H31N5O/c1-3-15-32(16-4-1)34-19-13-20-35(31-34)55-41-25-10-9-23-38(41)39-29-30-45-47(48(39)55)46-40(24-14-28-44(46)57-45)50-52-49(33-17-5-2-6-18-33)53-51(54-50)56-42-26-11-7-21-36(42)37-22-8-12-27-43(37)56/h1-31H. The van der Waals surface area contributed by atoms with Crippen LogP contribution in [0.4, 0.5) is 0 Å². The second kappa shape index (κ2) is 12.3. The van der Waals surface area contributed by atoms with Gasteiger partial charge in [-0.2, -0.15) is 9.97 Å². The smallest absolute Gasteiger partial charge is 0.238 e. The average Bonchev–Trinajstić information content (AvgIpc) is 3.95. The van der Waals surface area contributed by atoms with E-state index in [2.05, 4.69) is 155 Å². The Morgan fingerprint density at radius 2 is 0.930 bits per heavy atom. The van der Waals surface area contributed by atoms with Crippen molar-refractivity contribution in [2.75, 3.05) is 0 Å². The number of aromatic nitrogens is 5. The van der Waals surface area contributed by atoms with Gasteiger partial charge in [-0.25, -0.2) is 4.98 Å². The molecule has 6 heteroatoms. The summed E-state index contributed by atoms with van der Waals surface area (Å²) in [6.07, 6.45) is 0. The molecule has 0 aliphatic rings. The number of fused-ring (bicyclic) bond motifs is 10. The Kier molecular flexibility index (Phi) is 6.83. The van der Waals surface area contributed by atoms with E-state index >= 15 is 0 Å². The van der Waals surface area contributed by atoms with Gasteiger partial charge in [0.05, 0.1) is 27.5 Å². The fourth-order valence-electron chi connectivity index (χ4n) is 8.71. The van der Waals surface area contributed by atoms with Gasteiger partial charge in [0.15, 0.2) is 11.6 Å². The SMILES string of the molecule is c1ccc(-c2cccc(-n3c4ccccc4c4ccc5oc6cccc(-c7nc(-c8ccccc8)nc(-n8c9ccccc9c9ccccc98)n7)c6c5c43)c2)cc1. The molecule has 0 bridgehead atoms. The lowest BCUT2D eigenvalue weighted by molar-refractivity contribution is 0.669. The van der Waals surface area contributed by atoms with E-state index < -0.39 is 0 Å². The number of para-hydroxylation sites is 3. The van der Waals surface area contributed by atoms with Crippen molar-refractivity contribution >= 4 is 65.6 Å². The number of nitrogens with zero attached hydrogens (tertiary/aromatic N) is 5. The number of benzene rings is 8. The molecule has 0 unspecified atom stereocenters. The maximum Gasteiger partial charge on any atom is 0.238 e. The monoisotopic (exact) mass is 729 g/mol. The molecule has 0 radical (unpaired) electrons. The molecule has 0 saturated heterocycles. The highest BCUT2D eigenvalue weighted by Gasteiger charge is 2.24. The first-order valence-corrected chi connectivity index (χ1v) is 19.1. The molecular formula is C51H31N5O. The van der Waals surface area contributed by atoms with Gasteiger partial charge in [0.2, 0.25) is 5.95 Å². The van der Waals surface area contributed by atoms with Crippen LogP contribution in [0.5, 0.6) is 0 Å². The quantitative estimate of drug-likeness (QED) is 0.177. The van der Waals surface area contributed by atoms with Crippen molar-refractivity contribution in [2.24, 2.45) is 0 Å². The Bertz CT molecular complexity index is 3470. The fourth-order valence-corrected chi connectivity index (χ4v) is 8.71. The summed E-state index contributed by atoms with van der Waals surface area (Å²) in [6.45, 7) is 0. The van der Waals surface area contributed by atoms with Crippen LogP contribution in [0.2, 0.25) is 0 Å².